The SMILES string of the molecule is Cl.O=c1[nH]c(SCc2c(Cl)cncc2Cl)nc2c1CNC2. The highest BCUT2D eigenvalue weighted by Gasteiger charge is 2.17. The second-order valence-electron chi connectivity index (χ2n) is 4.27. The molecule has 3 heterocycles. The van der Waals surface area contributed by atoms with Crippen LogP contribution in [0.1, 0.15) is 16.8 Å². The van der Waals surface area contributed by atoms with Gasteiger partial charge in [-0.2, -0.15) is 0 Å². The van der Waals surface area contributed by atoms with Gasteiger partial charge in [0.1, 0.15) is 0 Å². The lowest BCUT2D eigenvalue weighted by molar-refractivity contribution is 0.754. The number of thioether (sulfide) groups is 1. The summed E-state index contributed by atoms with van der Waals surface area (Å²) in [4.78, 5) is 23.0. The summed E-state index contributed by atoms with van der Waals surface area (Å²) in [7, 11) is 0. The van der Waals surface area contributed by atoms with Crippen molar-refractivity contribution in [1.82, 2.24) is 20.3 Å². The first-order chi connectivity index (χ1) is 9.65. The van der Waals surface area contributed by atoms with Gasteiger partial charge in [0.15, 0.2) is 5.16 Å². The summed E-state index contributed by atoms with van der Waals surface area (Å²) in [5.41, 5.74) is 2.22. The number of nitrogens with zero attached hydrogens (tertiary/aromatic N) is 2. The van der Waals surface area contributed by atoms with Crippen molar-refractivity contribution >= 4 is 47.4 Å². The molecule has 0 atom stereocenters. The average Bonchev–Trinajstić information content (AvgIpc) is 2.87. The molecule has 21 heavy (non-hydrogen) atoms. The number of halogens is 3. The van der Waals surface area contributed by atoms with Gasteiger partial charge in [0.05, 0.1) is 21.3 Å². The van der Waals surface area contributed by atoms with Gasteiger partial charge >= 0.3 is 0 Å². The molecule has 3 rings (SSSR count). The Morgan fingerprint density at radius 1 is 1.24 bits per heavy atom. The van der Waals surface area contributed by atoms with Crippen LogP contribution in [0.2, 0.25) is 10.0 Å². The minimum atomic E-state index is -0.0885. The number of aromatic nitrogens is 3. The van der Waals surface area contributed by atoms with Crippen molar-refractivity contribution in [3.63, 3.8) is 0 Å². The van der Waals surface area contributed by atoms with Crippen LogP contribution < -0.4 is 10.9 Å². The molecule has 0 aromatic carbocycles. The Bertz CT molecular complexity index is 702. The van der Waals surface area contributed by atoms with E-state index in [9.17, 15) is 4.79 Å². The number of aromatic amines is 1. The number of hydrogen-bond acceptors (Lipinski definition) is 5. The van der Waals surface area contributed by atoms with Gasteiger partial charge < -0.3 is 10.3 Å². The summed E-state index contributed by atoms with van der Waals surface area (Å²) in [5.74, 6) is 0.523. The molecule has 0 aliphatic carbocycles. The van der Waals surface area contributed by atoms with E-state index in [0.29, 0.717) is 39.6 Å². The molecule has 0 amide bonds. The maximum Gasteiger partial charge on any atom is 0.256 e. The first-order valence-corrected chi connectivity index (χ1v) is 7.63. The zero-order valence-electron chi connectivity index (χ0n) is 10.7. The number of fused-ring (bicyclic) bond motifs is 1. The molecule has 0 radical (unpaired) electrons. The van der Waals surface area contributed by atoms with Crippen LogP contribution in [0.3, 0.4) is 0 Å². The molecule has 0 saturated carbocycles. The molecule has 1 aliphatic heterocycles. The molecule has 2 aromatic rings. The molecule has 0 spiro atoms. The minimum Gasteiger partial charge on any atom is -0.307 e. The number of pyridine rings is 1. The Labute approximate surface area is 141 Å². The molecule has 9 heteroatoms. The molecule has 0 unspecified atom stereocenters. The molecule has 5 nitrogen and oxygen atoms in total. The summed E-state index contributed by atoms with van der Waals surface area (Å²) in [6, 6.07) is 0. The Balaban J connectivity index is 0.00000161. The second kappa shape index (κ2) is 6.98. The quantitative estimate of drug-likeness (QED) is 0.646. The molecule has 112 valence electrons. The molecule has 0 bridgehead atoms. The van der Waals surface area contributed by atoms with Crippen LogP contribution in [0, 0.1) is 0 Å². The number of rotatable bonds is 3. The van der Waals surface area contributed by atoms with Crippen LogP contribution in [-0.4, -0.2) is 15.0 Å². The van der Waals surface area contributed by atoms with Crippen molar-refractivity contribution in [2.75, 3.05) is 0 Å². The Morgan fingerprint density at radius 2 is 1.95 bits per heavy atom. The molecule has 2 N–H and O–H groups in total. The topological polar surface area (TPSA) is 70.7 Å². The van der Waals surface area contributed by atoms with Crippen molar-refractivity contribution in [2.45, 2.75) is 24.0 Å². The van der Waals surface area contributed by atoms with Crippen LogP contribution in [0.25, 0.3) is 0 Å². The Hall–Kier alpha value is -0.790. The average molecular weight is 366 g/mol. The Kier molecular flexibility index (Phi) is 5.51. The van der Waals surface area contributed by atoms with Crippen molar-refractivity contribution in [3.8, 4) is 0 Å². The number of hydrogen-bond donors (Lipinski definition) is 2. The van der Waals surface area contributed by atoms with Crippen molar-refractivity contribution in [2.24, 2.45) is 0 Å². The van der Waals surface area contributed by atoms with E-state index in [1.54, 1.807) is 12.4 Å². The van der Waals surface area contributed by atoms with E-state index in [1.807, 2.05) is 0 Å². The lowest BCUT2D eigenvalue weighted by Crippen LogP contribution is -2.15. The fourth-order valence-corrected chi connectivity index (χ4v) is 3.53. The minimum absolute atomic E-state index is 0. The highest BCUT2D eigenvalue weighted by molar-refractivity contribution is 7.98. The smallest absolute Gasteiger partial charge is 0.256 e. The largest absolute Gasteiger partial charge is 0.307 e. The van der Waals surface area contributed by atoms with Gasteiger partial charge in [-0.25, -0.2) is 4.98 Å². The highest BCUT2D eigenvalue weighted by atomic mass is 35.5. The van der Waals surface area contributed by atoms with Gasteiger partial charge in [-0.05, 0) is 0 Å². The fourth-order valence-electron chi connectivity index (χ4n) is 1.94. The molecular weight excluding hydrogens is 355 g/mol. The van der Waals surface area contributed by atoms with Crippen LogP contribution >= 0.6 is 47.4 Å². The van der Waals surface area contributed by atoms with Crippen molar-refractivity contribution in [1.29, 1.82) is 0 Å². The first-order valence-electron chi connectivity index (χ1n) is 5.88. The second-order valence-corrected chi connectivity index (χ2v) is 6.05. The normalized spacial score (nSPS) is 12.9. The standard InChI is InChI=1S/C12H10Cl2N4OS.ClH/c13-8-2-16-3-9(14)7(8)5-20-12-17-10-4-15-1-6(10)11(19)18-12;/h2-3,15H,1,4-5H2,(H,17,18,19);1H. The molecule has 1 aliphatic rings. The summed E-state index contributed by atoms with van der Waals surface area (Å²) in [6.07, 6.45) is 3.10. The van der Waals surface area contributed by atoms with Gasteiger partial charge in [0.2, 0.25) is 0 Å². The van der Waals surface area contributed by atoms with Crippen molar-refractivity contribution < 1.29 is 0 Å². The third kappa shape index (κ3) is 3.52. The number of nitrogens with one attached hydrogen (secondary N) is 2. The Morgan fingerprint density at radius 3 is 2.67 bits per heavy atom. The van der Waals surface area contributed by atoms with Crippen LogP contribution in [-0.2, 0) is 18.8 Å². The van der Waals surface area contributed by atoms with E-state index in [0.717, 1.165) is 11.3 Å². The highest BCUT2D eigenvalue weighted by Crippen LogP contribution is 2.29. The molecule has 2 aromatic heterocycles. The fraction of sp³-hybridized carbons (Fsp3) is 0.250. The van der Waals surface area contributed by atoms with E-state index in [-0.39, 0.29) is 18.0 Å². The molecule has 0 saturated heterocycles. The predicted octanol–water partition coefficient (Wildman–Crippen LogP) is 2.79. The van der Waals surface area contributed by atoms with Gasteiger partial charge in [-0.3, -0.25) is 9.78 Å². The zero-order valence-corrected chi connectivity index (χ0v) is 13.8. The third-order valence-electron chi connectivity index (χ3n) is 2.98. The first kappa shape index (κ1) is 16.6. The van der Waals surface area contributed by atoms with E-state index >= 15 is 0 Å². The monoisotopic (exact) mass is 364 g/mol. The van der Waals surface area contributed by atoms with Gasteiger partial charge in [0.25, 0.3) is 5.56 Å². The van der Waals surface area contributed by atoms with E-state index in [2.05, 4.69) is 20.3 Å². The van der Waals surface area contributed by atoms with Gasteiger partial charge in [-0.15, -0.1) is 12.4 Å². The summed E-state index contributed by atoms with van der Waals surface area (Å²) in [6.45, 7) is 1.20. The number of H-pyrrole nitrogens is 1. The lowest BCUT2D eigenvalue weighted by Gasteiger charge is -2.06. The zero-order chi connectivity index (χ0) is 14.1. The summed E-state index contributed by atoms with van der Waals surface area (Å²) < 4.78 is 0. The van der Waals surface area contributed by atoms with Gasteiger partial charge in [0, 0.05) is 36.8 Å². The molecular formula is C12H11Cl3N4OS. The van der Waals surface area contributed by atoms with Crippen LogP contribution in [0.15, 0.2) is 22.3 Å². The van der Waals surface area contributed by atoms with E-state index in [4.69, 9.17) is 23.2 Å². The maximum absolute atomic E-state index is 11.9. The van der Waals surface area contributed by atoms with E-state index < -0.39 is 0 Å². The van der Waals surface area contributed by atoms with Crippen LogP contribution in [0.5, 0.6) is 0 Å². The van der Waals surface area contributed by atoms with Crippen molar-refractivity contribution in [3.05, 3.63) is 49.6 Å². The summed E-state index contributed by atoms with van der Waals surface area (Å²) >= 11 is 13.5. The third-order valence-corrected chi connectivity index (χ3v) is 4.53. The molecule has 0 fully saturated rings. The summed E-state index contributed by atoms with van der Waals surface area (Å²) in [5, 5.41) is 4.70. The predicted molar refractivity (Wildman–Crippen MR) is 86.5 cm³/mol. The van der Waals surface area contributed by atoms with Crippen LogP contribution in [0.4, 0.5) is 0 Å². The maximum atomic E-state index is 11.9. The van der Waals surface area contributed by atoms with Gasteiger partial charge in [-0.1, -0.05) is 35.0 Å². The lowest BCUT2D eigenvalue weighted by atomic mass is 10.3. The van der Waals surface area contributed by atoms with E-state index in [1.165, 1.54) is 11.8 Å².